The fourth-order valence-corrected chi connectivity index (χ4v) is 5.35. The summed E-state index contributed by atoms with van der Waals surface area (Å²) in [6.07, 6.45) is 2.66. The lowest BCUT2D eigenvalue weighted by atomic mass is 9.87. The van der Waals surface area contributed by atoms with Gasteiger partial charge in [0.05, 0.1) is 11.6 Å². The number of amides is 3. The third kappa shape index (κ3) is 6.85. The zero-order valence-corrected chi connectivity index (χ0v) is 24.1. The Kier molecular flexibility index (Phi) is 10.1. The summed E-state index contributed by atoms with van der Waals surface area (Å²) in [5.41, 5.74) is 5.55. The van der Waals surface area contributed by atoms with Crippen molar-refractivity contribution in [3.63, 3.8) is 0 Å². The molecular weight excluding hydrogens is 540 g/mol. The SMILES string of the molecule is CCCCCCC1C(=O)N(NC(=O)[C@@H](NC(=O)[C@@H](O)c2cc(F)cc(F)c2)C(C)C)c2ccccc2-c2ccccc21. The Morgan fingerprint density at radius 2 is 1.55 bits per heavy atom. The summed E-state index contributed by atoms with van der Waals surface area (Å²) in [7, 11) is 0. The van der Waals surface area contributed by atoms with Gasteiger partial charge in [-0.25, -0.2) is 13.8 Å². The Balaban J connectivity index is 1.62. The number of para-hydroxylation sites is 1. The van der Waals surface area contributed by atoms with Crippen molar-refractivity contribution in [3.05, 3.63) is 89.5 Å². The van der Waals surface area contributed by atoms with Crippen molar-refractivity contribution < 1.29 is 28.3 Å². The number of aliphatic hydroxyl groups excluding tert-OH is 1. The van der Waals surface area contributed by atoms with E-state index in [1.54, 1.807) is 26.0 Å². The lowest BCUT2D eigenvalue weighted by Crippen LogP contribution is -2.57. The number of nitrogens with one attached hydrogen (secondary N) is 2. The highest BCUT2D eigenvalue weighted by molar-refractivity contribution is 6.07. The molecule has 0 aliphatic carbocycles. The van der Waals surface area contributed by atoms with Gasteiger partial charge in [0.2, 0.25) is 0 Å². The van der Waals surface area contributed by atoms with E-state index in [9.17, 15) is 28.3 Å². The van der Waals surface area contributed by atoms with E-state index in [1.165, 1.54) is 5.01 Å². The quantitative estimate of drug-likeness (QED) is 0.246. The van der Waals surface area contributed by atoms with Gasteiger partial charge in [0.25, 0.3) is 17.7 Å². The fraction of sp³-hybridized carbons (Fsp3) is 0.364. The highest BCUT2D eigenvalue weighted by Gasteiger charge is 2.36. The number of hydrogen-bond donors (Lipinski definition) is 3. The zero-order valence-electron chi connectivity index (χ0n) is 24.1. The number of hydrogen-bond acceptors (Lipinski definition) is 4. The first-order valence-corrected chi connectivity index (χ1v) is 14.4. The highest BCUT2D eigenvalue weighted by Crippen LogP contribution is 2.42. The standard InChI is InChI=1S/C33H37F2N3O4/c1-4-5-6-7-15-27-25-13-9-8-12-24(25)26-14-10-11-16-28(26)38(33(27)42)37-31(40)29(20(2)3)36-32(41)30(39)21-17-22(34)19-23(35)18-21/h8-14,16-20,27,29-30,39H,4-7,15H2,1-3H3,(H,36,41)(H,37,40)/t27?,29-,30-/m0/s1. The molecule has 1 unspecified atom stereocenters. The van der Waals surface area contributed by atoms with E-state index in [0.717, 1.165) is 54.5 Å². The van der Waals surface area contributed by atoms with Crippen LogP contribution < -0.4 is 15.8 Å². The Bertz CT molecular complexity index is 1420. The van der Waals surface area contributed by atoms with Crippen LogP contribution in [0.5, 0.6) is 0 Å². The van der Waals surface area contributed by atoms with E-state index < -0.39 is 47.4 Å². The van der Waals surface area contributed by atoms with Gasteiger partial charge in [-0.2, -0.15) is 0 Å². The maximum absolute atomic E-state index is 14.2. The van der Waals surface area contributed by atoms with Crippen LogP contribution in [0.2, 0.25) is 0 Å². The minimum absolute atomic E-state index is 0.284. The lowest BCUT2D eigenvalue weighted by Gasteiger charge is -2.30. The first-order chi connectivity index (χ1) is 20.1. The van der Waals surface area contributed by atoms with E-state index >= 15 is 0 Å². The number of halogens is 2. The lowest BCUT2D eigenvalue weighted by molar-refractivity contribution is -0.135. The number of fused-ring (bicyclic) bond motifs is 3. The van der Waals surface area contributed by atoms with Crippen LogP contribution in [-0.4, -0.2) is 28.9 Å². The Labute approximate surface area is 244 Å². The molecule has 3 aromatic rings. The minimum Gasteiger partial charge on any atom is -0.378 e. The van der Waals surface area contributed by atoms with Crippen LogP contribution in [-0.2, 0) is 14.4 Å². The number of hydrazine groups is 1. The number of carbonyl (C=O) groups excluding carboxylic acids is 3. The van der Waals surface area contributed by atoms with Crippen LogP contribution in [0.25, 0.3) is 11.1 Å². The molecule has 3 amide bonds. The van der Waals surface area contributed by atoms with Gasteiger partial charge in [-0.05, 0) is 47.2 Å². The Morgan fingerprint density at radius 3 is 2.21 bits per heavy atom. The van der Waals surface area contributed by atoms with Crippen LogP contribution in [0.4, 0.5) is 14.5 Å². The molecule has 0 saturated carbocycles. The molecule has 0 saturated heterocycles. The van der Waals surface area contributed by atoms with Crippen molar-refractivity contribution in [1.82, 2.24) is 10.7 Å². The molecule has 7 nitrogen and oxygen atoms in total. The maximum Gasteiger partial charge on any atom is 0.261 e. The molecule has 9 heteroatoms. The summed E-state index contributed by atoms with van der Waals surface area (Å²) in [6, 6.07) is 16.2. The van der Waals surface area contributed by atoms with Crippen molar-refractivity contribution in [2.45, 2.75) is 70.9 Å². The highest BCUT2D eigenvalue weighted by atomic mass is 19.1. The number of unbranched alkanes of at least 4 members (excludes halogenated alkanes) is 3. The molecule has 3 N–H and O–H groups in total. The van der Waals surface area contributed by atoms with Crippen LogP contribution in [0.15, 0.2) is 66.7 Å². The van der Waals surface area contributed by atoms with Crippen LogP contribution in [0, 0.1) is 17.6 Å². The van der Waals surface area contributed by atoms with Gasteiger partial charge < -0.3 is 10.4 Å². The summed E-state index contributed by atoms with van der Waals surface area (Å²) in [4.78, 5) is 40.7. The first kappa shape index (κ1) is 30.8. The van der Waals surface area contributed by atoms with Gasteiger partial charge >= 0.3 is 0 Å². The zero-order chi connectivity index (χ0) is 30.4. The van der Waals surface area contributed by atoms with Gasteiger partial charge in [-0.15, -0.1) is 0 Å². The smallest absolute Gasteiger partial charge is 0.261 e. The molecule has 1 aliphatic heterocycles. The molecule has 1 heterocycles. The topological polar surface area (TPSA) is 98.7 Å². The maximum atomic E-state index is 14.2. The predicted molar refractivity (Wildman–Crippen MR) is 157 cm³/mol. The molecule has 0 spiro atoms. The van der Waals surface area contributed by atoms with Gasteiger partial charge in [0.1, 0.15) is 17.7 Å². The second kappa shape index (κ2) is 13.7. The van der Waals surface area contributed by atoms with E-state index in [2.05, 4.69) is 17.7 Å². The van der Waals surface area contributed by atoms with Crippen molar-refractivity contribution in [2.24, 2.45) is 5.92 Å². The number of carbonyl (C=O) groups is 3. The molecule has 3 atom stereocenters. The van der Waals surface area contributed by atoms with Crippen molar-refractivity contribution >= 4 is 23.4 Å². The van der Waals surface area contributed by atoms with Crippen LogP contribution in [0.1, 0.15) is 76.0 Å². The second-order valence-electron chi connectivity index (χ2n) is 11.0. The summed E-state index contributed by atoms with van der Waals surface area (Å²) < 4.78 is 27.4. The molecule has 42 heavy (non-hydrogen) atoms. The third-order valence-corrected chi connectivity index (χ3v) is 7.55. The summed E-state index contributed by atoms with van der Waals surface area (Å²) in [6.45, 7) is 5.52. The predicted octanol–water partition coefficient (Wildman–Crippen LogP) is 5.94. The molecule has 4 rings (SSSR count). The first-order valence-electron chi connectivity index (χ1n) is 14.4. The Hall–Kier alpha value is -4.11. The fourth-order valence-electron chi connectivity index (χ4n) is 5.35. The van der Waals surface area contributed by atoms with Crippen molar-refractivity contribution in [1.29, 1.82) is 0 Å². The van der Waals surface area contributed by atoms with Gasteiger partial charge in [0.15, 0.2) is 6.10 Å². The van der Waals surface area contributed by atoms with Crippen LogP contribution >= 0.6 is 0 Å². The molecule has 0 bridgehead atoms. The van der Waals surface area contributed by atoms with Gasteiger partial charge in [-0.1, -0.05) is 88.9 Å². The van der Waals surface area contributed by atoms with Gasteiger partial charge in [0, 0.05) is 11.6 Å². The molecule has 3 aromatic carbocycles. The molecule has 222 valence electrons. The number of benzene rings is 3. The normalized spacial score (nSPS) is 15.8. The van der Waals surface area contributed by atoms with E-state index in [1.807, 2.05) is 36.4 Å². The molecular formula is C33H37F2N3O4. The molecule has 0 aromatic heterocycles. The Morgan fingerprint density at radius 1 is 0.905 bits per heavy atom. The number of anilines is 1. The minimum atomic E-state index is -1.91. The van der Waals surface area contributed by atoms with Gasteiger partial charge in [-0.3, -0.25) is 19.8 Å². The number of rotatable bonds is 11. The van der Waals surface area contributed by atoms with Crippen molar-refractivity contribution in [3.8, 4) is 11.1 Å². The average Bonchev–Trinajstić information content (AvgIpc) is 3.06. The summed E-state index contributed by atoms with van der Waals surface area (Å²) >= 11 is 0. The third-order valence-electron chi connectivity index (χ3n) is 7.55. The molecule has 1 aliphatic rings. The number of nitrogens with zero attached hydrogens (tertiary/aromatic N) is 1. The largest absolute Gasteiger partial charge is 0.378 e. The number of aliphatic hydroxyl groups is 1. The average molecular weight is 578 g/mol. The summed E-state index contributed by atoms with van der Waals surface area (Å²) in [5.74, 6) is -4.81. The molecule has 0 fully saturated rings. The molecule has 0 radical (unpaired) electrons. The van der Waals surface area contributed by atoms with Crippen LogP contribution in [0.3, 0.4) is 0 Å². The summed E-state index contributed by atoms with van der Waals surface area (Å²) in [5, 5.41) is 14.3. The van der Waals surface area contributed by atoms with E-state index in [0.29, 0.717) is 18.2 Å². The second-order valence-corrected chi connectivity index (χ2v) is 11.0. The van der Waals surface area contributed by atoms with Crippen molar-refractivity contribution in [2.75, 3.05) is 5.01 Å². The van der Waals surface area contributed by atoms with E-state index in [4.69, 9.17) is 0 Å². The monoisotopic (exact) mass is 577 g/mol. The van der Waals surface area contributed by atoms with E-state index in [-0.39, 0.29) is 11.5 Å².